The molecule has 0 aliphatic rings. The summed E-state index contributed by atoms with van der Waals surface area (Å²) in [6.07, 6.45) is 2.58. The monoisotopic (exact) mass is 518 g/mol. The van der Waals surface area contributed by atoms with Gasteiger partial charge in [0.1, 0.15) is 6.61 Å². The van der Waals surface area contributed by atoms with Gasteiger partial charge in [-0.05, 0) is 35.4 Å². The number of aliphatic imine (C=N–C) groups is 1. The van der Waals surface area contributed by atoms with Gasteiger partial charge >= 0.3 is 0 Å². The van der Waals surface area contributed by atoms with Crippen molar-refractivity contribution in [2.45, 2.75) is 19.6 Å². The number of methoxy groups -OCH3 is 1. The third-order valence-corrected chi connectivity index (χ3v) is 4.31. The van der Waals surface area contributed by atoms with Gasteiger partial charge in [-0.3, -0.25) is 4.98 Å². The molecule has 0 radical (unpaired) electrons. The molecule has 0 unspecified atom stereocenters. The molecule has 0 bridgehead atoms. The van der Waals surface area contributed by atoms with E-state index in [-0.39, 0.29) is 24.0 Å². The Labute approximate surface area is 194 Å². The van der Waals surface area contributed by atoms with E-state index in [1.54, 1.807) is 13.3 Å². The summed E-state index contributed by atoms with van der Waals surface area (Å²) in [5, 5.41) is 3.11. The molecule has 2 aromatic carbocycles. The Morgan fingerprint density at radius 3 is 2.53 bits per heavy atom. The van der Waals surface area contributed by atoms with Crippen molar-refractivity contribution >= 4 is 29.9 Å². The van der Waals surface area contributed by atoms with E-state index in [4.69, 9.17) is 15.2 Å². The Bertz CT molecular complexity index is 921. The number of benzene rings is 2. The molecular formula is C23H27IN4O2. The van der Waals surface area contributed by atoms with Crippen molar-refractivity contribution in [2.24, 2.45) is 10.7 Å². The van der Waals surface area contributed by atoms with Crippen LogP contribution in [0.4, 0.5) is 0 Å². The molecule has 7 heteroatoms. The van der Waals surface area contributed by atoms with Crippen molar-refractivity contribution in [1.82, 2.24) is 10.3 Å². The van der Waals surface area contributed by atoms with E-state index in [1.165, 1.54) is 0 Å². The standard InChI is InChI=1S/C23H26N4O2.HI/c1-28-22-15-19(10-11-21(22)29-17-18-7-3-2-4-8-18)16-27-23(24)26-14-12-20-9-5-6-13-25-20;/h2-11,13,15H,12,14,16-17H2,1H3,(H3,24,26,27);1H. The van der Waals surface area contributed by atoms with Crippen LogP contribution in [0.15, 0.2) is 77.9 Å². The topological polar surface area (TPSA) is 81.8 Å². The molecule has 0 spiro atoms. The highest BCUT2D eigenvalue weighted by Crippen LogP contribution is 2.29. The zero-order chi connectivity index (χ0) is 20.3. The van der Waals surface area contributed by atoms with Crippen LogP contribution in [0.3, 0.4) is 0 Å². The molecule has 0 amide bonds. The Balaban J connectivity index is 0.00000320. The highest BCUT2D eigenvalue weighted by atomic mass is 127. The summed E-state index contributed by atoms with van der Waals surface area (Å²) < 4.78 is 11.4. The SMILES string of the molecule is COc1cc(CN=C(N)NCCc2ccccn2)ccc1OCc1ccccc1.I. The van der Waals surface area contributed by atoms with Crippen LogP contribution in [0.25, 0.3) is 0 Å². The molecule has 1 heterocycles. The predicted octanol–water partition coefficient (Wildman–Crippen LogP) is 3.93. The summed E-state index contributed by atoms with van der Waals surface area (Å²) in [5.74, 6) is 1.78. The molecule has 158 valence electrons. The lowest BCUT2D eigenvalue weighted by molar-refractivity contribution is 0.284. The summed E-state index contributed by atoms with van der Waals surface area (Å²) in [6.45, 7) is 1.63. The number of hydrogen-bond donors (Lipinski definition) is 2. The van der Waals surface area contributed by atoms with Gasteiger partial charge < -0.3 is 20.5 Å². The number of rotatable bonds is 9. The molecule has 3 rings (SSSR count). The fourth-order valence-corrected chi connectivity index (χ4v) is 2.76. The Hall–Kier alpha value is -2.81. The third kappa shape index (κ3) is 7.55. The molecule has 3 N–H and O–H groups in total. The normalized spacial score (nSPS) is 10.8. The third-order valence-electron chi connectivity index (χ3n) is 4.31. The number of pyridine rings is 1. The Morgan fingerprint density at radius 2 is 1.80 bits per heavy atom. The van der Waals surface area contributed by atoms with Crippen LogP contribution in [-0.2, 0) is 19.6 Å². The minimum atomic E-state index is 0. The molecular weight excluding hydrogens is 491 g/mol. The number of guanidine groups is 1. The van der Waals surface area contributed by atoms with Crippen molar-refractivity contribution < 1.29 is 9.47 Å². The fourth-order valence-electron chi connectivity index (χ4n) is 2.76. The van der Waals surface area contributed by atoms with Crippen LogP contribution < -0.4 is 20.5 Å². The van der Waals surface area contributed by atoms with Gasteiger partial charge in [-0.2, -0.15) is 0 Å². The van der Waals surface area contributed by atoms with Crippen LogP contribution in [0, 0.1) is 0 Å². The highest BCUT2D eigenvalue weighted by Gasteiger charge is 2.06. The molecule has 0 saturated carbocycles. The van der Waals surface area contributed by atoms with E-state index in [1.807, 2.05) is 66.7 Å². The lowest BCUT2D eigenvalue weighted by Crippen LogP contribution is -2.33. The van der Waals surface area contributed by atoms with Gasteiger partial charge in [-0.1, -0.05) is 42.5 Å². The van der Waals surface area contributed by atoms with Gasteiger partial charge in [-0.25, -0.2) is 4.99 Å². The smallest absolute Gasteiger partial charge is 0.188 e. The van der Waals surface area contributed by atoms with Crippen LogP contribution in [0.2, 0.25) is 0 Å². The second-order valence-corrected chi connectivity index (χ2v) is 6.46. The maximum Gasteiger partial charge on any atom is 0.188 e. The lowest BCUT2D eigenvalue weighted by Gasteiger charge is -2.12. The summed E-state index contributed by atoms with van der Waals surface area (Å²) >= 11 is 0. The average Bonchev–Trinajstić information content (AvgIpc) is 2.78. The number of nitrogens with one attached hydrogen (secondary N) is 1. The van der Waals surface area contributed by atoms with Crippen LogP contribution in [0.5, 0.6) is 11.5 Å². The first-order valence-corrected chi connectivity index (χ1v) is 9.52. The molecule has 3 aromatic rings. The molecule has 1 aromatic heterocycles. The molecule has 0 fully saturated rings. The molecule has 30 heavy (non-hydrogen) atoms. The van der Waals surface area contributed by atoms with E-state index < -0.39 is 0 Å². The summed E-state index contributed by atoms with van der Waals surface area (Å²) in [6, 6.07) is 21.7. The minimum Gasteiger partial charge on any atom is -0.493 e. The van der Waals surface area contributed by atoms with Crippen molar-refractivity contribution in [3.05, 3.63) is 89.7 Å². The predicted molar refractivity (Wildman–Crippen MR) is 130 cm³/mol. The highest BCUT2D eigenvalue weighted by molar-refractivity contribution is 14.0. The van der Waals surface area contributed by atoms with Gasteiger partial charge in [0, 0.05) is 24.9 Å². The summed E-state index contributed by atoms with van der Waals surface area (Å²) in [7, 11) is 1.63. The van der Waals surface area contributed by atoms with E-state index in [0.29, 0.717) is 37.2 Å². The van der Waals surface area contributed by atoms with Crippen molar-refractivity contribution in [2.75, 3.05) is 13.7 Å². The second kappa shape index (κ2) is 12.7. The first-order chi connectivity index (χ1) is 14.2. The van der Waals surface area contributed by atoms with E-state index in [2.05, 4.69) is 15.3 Å². The largest absolute Gasteiger partial charge is 0.493 e. The van der Waals surface area contributed by atoms with Crippen molar-refractivity contribution in [3.63, 3.8) is 0 Å². The van der Waals surface area contributed by atoms with Gasteiger partial charge in [0.2, 0.25) is 0 Å². The van der Waals surface area contributed by atoms with Crippen molar-refractivity contribution in [1.29, 1.82) is 0 Å². The number of nitrogens with zero attached hydrogens (tertiary/aromatic N) is 2. The zero-order valence-corrected chi connectivity index (χ0v) is 19.3. The summed E-state index contributed by atoms with van der Waals surface area (Å²) in [4.78, 5) is 8.68. The Kier molecular flexibility index (Phi) is 9.93. The number of hydrogen-bond acceptors (Lipinski definition) is 4. The van der Waals surface area contributed by atoms with E-state index in [9.17, 15) is 0 Å². The van der Waals surface area contributed by atoms with E-state index >= 15 is 0 Å². The molecule has 0 saturated heterocycles. The molecule has 0 atom stereocenters. The number of ether oxygens (including phenoxy) is 2. The van der Waals surface area contributed by atoms with Gasteiger partial charge in [0.15, 0.2) is 17.5 Å². The van der Waals surface area contributed by atoms with E-state index in [0.717, 1.165) is 23.2 Å². The van der Waals surface area contributed by atoms with Gasteiger partial charge in [0.25, 0.3) is 0 Å². The van der Waals surface area contributed by atoms with Crippen molar-refractivity contribution in [3.8, 4) is 11.5 Å². The lowest BCUT2D eigenvalue weighted by atomic mass is 10.2. The number of nitrogens with two attached hydrogens (primary N) is 1. The quantitative estimate of drug-likeness (QED) is 0.255. The maximum atomic E-state index is 5.96. The maximum absolute atomic E-state index is 5.96. The van der Waals surface area contributed by atoms with Gasteiger partial charge in [-0.15, -0.1) is 24.0 Å². The van der Waals surface area contributed by atoms with Crippen LogP contribution in [0.1, 0.15) is 16.8 Å². The van der Waals surface area contributed by atoms with Gasteiger partial charge in [0.05, 0.1) is 13.7 Å². The molecule has 6 nitrogen and oxygen atoms in total. The number of halogens is 1. The van der Waals surface area contributed by atoms with Crippen LogP contribution >= 0.6 is 24.0 Å². The number of aromatic nitrogens is 1. The Morgan fingerprint density at radius 1 is 1.00 bits per heavy atom. The first-order valence-electron chi connectivity index (χ1n) is 9.52. The minimum absolute atomic E-state index is 0. The molecule has 0 aliphatic carbocycles. The van der Waals surface area contributed by atoms with Crippen LogP contribution in [-0.4, -0.2) is 24.6 Å². The second-order valence-electron chi connectivity index (χ2n) is 6.46. The average molecular weight is 518 g/mol. The zero-order valence-electron chi connectivity index (χ0n) is 17.0. The summed E-state index contributed by atoms with van der Waals surface area (Å²) in [5.41, 5.74) is 9.07. The fraction of sp³-hybridized carbons (Fsp3) is 0.217. The first kappa shape index (κ1) is 23.5. The molecule has 0 aliphatic heterocycles.